The minimum atomic E-state index is -0.443. The summed E-state index contributed by atoms with van der Waals surface area (Å²) < 4.78 is 0. The third-order valence-electron chi connectivity index (χ3n) is 3.35. The number of rotatable bonds is 6. The van der Waals surface area contributed by atoms with Crippen molar-refractivity contribution in [2.45, 2.75) is 32.6 Å². The number of anilines is 1. The Labute approximate surface area is 100 Å². The Morgan fingerprint density at radius 2 is 2.35 bits per heavy atom. The molecule has 1 aliphatic carbocycles. The molecule has 0 radical (unpaired) electrons. The number of nitro groups is 1. The van der Waals surface area contributed by atoms with Gasteiger partial charge in [-0.15, -0.1) is 0 Å². The van der Waals surface area contributed by atoms with Gasteiger partial charge in [-0.3, -0.25) is 0 Å². The molecule has 17 heavy (non-hydrogen) atoms. The number of nitrogens with one attached hydrogen (secondary N) is 1. The highest BCUT2D eigenvalue weighted by Gasteiger charge is 2.41. The molecule has 1 saturated carbocycles. The van der Waals surface area contributed by atoms with Crippen molar-refractivity contribution in [1.29, 1.82) is 0 Å². The first-order valence-electron chi connectivity index (χ1n) is 6.00. The van der Waals surface area contributed by atoms with E-state index in [4.69, 9.17) is 0 Å². The zero-order chi connectivity index (χ0) is 12.3. The van der Waals surface area contributed by atoms with Crippen LogP contribution in [0.1, 0.15) is 32.6 Å². The molecule has 2 rings (SSSR count). The summed E-state index contributed by atoms with van der Waals surface area (Å²) in [6.45, 7) is 2.99. The predicted octanol–water partition coefficient (Wildman–Crippen LogP) is 2.98. The van der Waals surface area contributed by atoms with Gasteiger partial charge in [-0.1, -0.05) is 13.3 Å². The first kappa shape index (κ1) is 11.8. The highest BCUT2D eigenvalue weighted by molar-refractivity contribution is 5.56. The van der Waals surface area contributed by atoms with E-state index in [-0.39, 0.29) is 5.82 Å². The molecule has 1 heterocycles. The summed E-state index contributed by atoms with van der Waals surface area (Å²) >= 11 is 0. The Morgan fingerprint density at radius 3 is 2.94 bits per heavy atom. The van der Waals surface area contributed by atoms with Crippen molar-refractivity contribution in [3.63, 3.8) is 0 Å². The zero-order valence-electron chi connectivity index (χ0n) is 9.98. The van der Waals surface area contributed by atoms with Crippen LogP contribution in [-0.4, -0.2) is 16.5 Å². The van der Waals surface area contributed by atoms with Crippen molar-refractivity contribution in [2.24, 2.45) is 5.41 Å². The molecule has 1 aliphatic rings. The molecule has 0 bridgehead atoms. The fourth-order valence-electron chi connectivity index (χ4n) is 2.19. The van der Waals surface area contributed by atoms with Crippen LogP contribution in [0.4, 0.5) is 11.5 Å². The molecule has 1 fully saturated rings. The Morgan fingerprint density at radius 1 is 1.59 bits per heavy atom. The van der Waals surface area contributed by atoms with E-state index in [1.165, 1.54) is 25.5 Å². The smallest absolute Gasteiger partial charge is 0.378 e. The molecular weight excluding hydrogens is 218 g/mol. The van der Waals surface area contributed by atoms with Crippen LogP contribution in [-0.2, 0) is 0 Å². The van der Waals surface area contributed by atoms with Gasteiger partial charge in [0.2, 0.25) is 0 Å². The molecule has 0 saturated heterocycles. The minimum Gasteiger partial charge on any atom is -0.378 e. The van der Waals surface area contributed by atoms with E-state index in [9.17, 15) is 10.1 Å². The topological polar surface area (TPSA) is 68.1 Å². The van der Waals surface area contributed by atoms with Crippen LogP contribution in [0.5, 0.6) is 0 Å². The third-order valence-corrected chi connectivity index (χ3v) is 3.35. The number of hydrogen-bond donors (Lipinski definition) is 1. The van der Waals surface area contributed by atoms with Crippen molar-refractivity contribution in [3.05, 3.63) is 28.4 Å². The van der Waals surface area contributed by atoms with Crippen molar-refractivity contribution < 1.29 is 4.92 Å². The summed E-state index contributed by atoms with van der Waals surface area (Å²) in [7, 11) is 0. The van der Waals surface area contributed by atoms with Gasteiger partial charge in [0.05, 0.1) is 0 Å². The lowest BCUT2D eigenvalue weighted by Crippen LogP contribution is -2.16. The van der Waals surface area contributed by atoms with E-state index < -0.39 is 4.92 Å². The Bertz CT molecular complexity index is 416. The van der Waals surface area contributed by atoms with E-state index in [1.54, 1.807) is 12.1 Å². The third kappa shape index (κ3) is 2.72. The standard InChI is InChI=1S/C12H17N3O2/c1-2-5-12(6-7-12)9-14-10-4-3-8-13-11(10)15(16)17/h3-4,8,14H,2,5-7,9H2,1H3. The van der Waals surface area contributed by atoms with E-state index >= 15 is 0 Å². The first-order valence-corrected chi connectivity index (χ1v) is 6.00. The summed E-state index contributed by atoms with van der Waals surface area (Å²) in [6.07, 6.45) is 6.25. The monoisotopic (exact) mass is 235 g/mol. The molecule has 0 atom stereocenters. The molecule has 1 aromatic heterocycles. The van der Waals surface area contributed by atoms with Gasteiger partial charge in [-0.25, -0.2) is 0 Å². The van der Waals surface area contributed by atoms with Gasteiger partial charge in [-0.2, -0.15) is 0 Å². The molecule has 1 aromatic rings. The summed E-state index contributed by atoms with van der Waals surface area (Å²) in [6, 6.07) is 3.43. The number of pyridine rings is 1. The molecule has 0 unspecified atom stereocenters. The second-order valence-corrected chi connectivity index (χ2v) is 4.74. The van der Waals surface area contributed by atoms with E-state index in [0.717, 1.165) is 13.0 Å². The maximum atomic E-state index is 10.8. The Hall–Kier alpha value is -1.65. The molecule has 0 spiro atoms. The van der Waals surface area contributed by atoms with Crippen LogP contribution in [0, 0.1) is 15.5 Å². The quantitative estimate of drug-likeness (QED) is 0.608. The lowest BCUT2D eigenvalue weighted by molar-refractivity contribution is -0.388. The average Bonchev–Trinajstić information content (AvgIpc) is 3.08. The molecule has 0 aliphatic heterocycles. The maximum absolute atomic E-state index is 10.8. The predicted molar refractivity (Wildman–Crippen MR) is 66.0 cm³/mol. The van der Waals surface area contributed by atoms with Gasteiger partial charge >= 0.3 is 5.82 Å². The fourth-order valence-corrected chi connectivity index (χ4v) is 2.19. The highest BCUT2D eigenvalue weighted by Crippen LogP contribution is 2.49. The second-order valence-electron chi connectivity index (χ2n) is 4.74. The molecular formula is C12H17N3O2. The molecule has 0 amide bonds. The van der Waals surface area contributed by atoms with Crippen molar-refractivity contribution in [1.82, 2.24) is 4.98 Å². The summed E-state index contributed by atoms with van der Waals surface area (Å²) in [5.41, 5.74) is 0.901. The van der Waals surface area contributed by atoms with Crippen LogP contribution in [0.15, 0.2) is 18.3 Å². The minimum absolute atomic E-state index is 0.0835. The first-order chi connectivity index (χ1) is 8.17. The van der Waals surface area contributed by atoms with Gasteiger partial charge in [0.25, 0.3) is 0 Å². The molecule has 92 valence electrons. The van der Waals surface area contributed by atoms with Crippen molar-refractivity contribution in [3.8, 4) is 0 Å². The molecule has 0 aromatic carbocycles. The van der Waals surface area contributed by atoms with E-state index in [1.807, 2.05) is 0 Å². The average molecular weight is 235 g/mol. The second kappa shape index (κ2) is 4.69. The van der Waals surface area contributed by atoms with Crippen molar-refractivity contribution in [2.75, 3.05) is 11.9 Å². The maximum Gasteiger partial charge on any atom is 0.386 e. The Balaban J connectivity index is 2.02. The van der Waals surface area contributed by atoms with Gasteiger partial charge in [0, 0.05) is 6.54 Å². The summed E-state index contributed by atoms with van der Waals surface area (Å²) in [5, 5.41) is 14.0. The number of nitrogens with zero attached hydrogens (tertiary/aromatic N) is 2. The van der Waals surface area contributed by atoms with Gasteiger partial charge in [0.15, 0.2) is 0 Å². The molecule has 5 heteroatoms. The van der Waals surface area contributed by atoms with Crippen LogP contribution < -0.4 is 5.32 Å². The number of hydrogen-bond acceptors (Lipinski definition) is 4. The van der Waals surface area contributed by atoms with Crippen LogP contribution in [0.3, 0.4) is 0 Å². The number of aromatic nitrogens is 1. The fraction of sp³-hybridized carbons (Fsp3) is 0.583. The van der Waals surface area contributed by atoms with Gasteiger partial charge in [-0.05, 0) is 46.7 Å². The SMILES string of the molecule is CCCC1(CNc2cccnc2[N+](=O)[O-])CC1. The largest absolute Gasteiger partial charge is 0.386 e. The lowest BCUT2D eigenvalue weighted by atomic mass is 10.0. The highest BCUT2D eigenvalue weighted by atomic mass is 16.6. The van der Waals surface area contributed by atoms with Crippen LogP contribution >= 0.6 is 0 Å². The van der Waals surface area contributed by atoms with E-state index in [0.29, 0.717) is 11.1 Å². The molecule has 1 N–H and O–H groups in total. The molecule has 5 nitrogen and oxygen atoms in total. The van der Waals surface area contributed by atoms with E-state index in [2.05, 4.69) is 17.2 Å². The Kier molecular flexibility index (Phi) is 3.26. The normalized spacial score (nSPS) is 16.5. The van der Waals surface area contributed by atoms with Crippen LogP contribution in [0.2, 0.25) is 0 Å². The lowest BCUT2D eigenvalue weighted by Gasteiger charge is -2.15. The van der Waals surface area contributed by atoms with Crippen LogP contribution in [0.25, 0.3) is 0 Å². The van der Waals surface area contributed by atoms with Crippen molar-refractivity contribution >= 4 is 11.5 Å². The van der Waals surface area contributed by atoms with Gasteiger partial charge in [0.1, 0.15) is 11.9 Å². The summed E-state index contributed by atoms with van der Waals surface area (Å²) in [5.74, 6) is -0.0835. The zero-order valence-corrected chi connectivity index (χ0v) is 9.98. The summed E-state index contributed by atoms with van der Waals surface area (Å²) in [4.78, 5) is 14.1. The van der Waals surface area contributed by atoms with Gasteiger partial charge < -0.3 is 15.4 Å².